The largest absolute Gasteiger partial charge is 0.289 e. The lowest BCUT2D eigenvalue weighted by Crippen LogP contribution is -2.03. The molecule has 2 rings (SSSR count). The maximum atomic E-state index is 12.5. The summed E-state index contributed by atoms with van der Waals surface area (Å²) in [6, 6.07) is 15.9. The highest BCUT2D eigenvalue weighted by Crippen LogP contribution is 2.15. The molecule has 0 aromatic heterocycles. The van der Waals surface area contributed by atoms with Gasteiger partial charge in [0.05, 0.1) is 0 Å². The molecule has 0 spiro atoms. The van der Waals surface area contributed by atoms with E-state index in [0.29, 0.717) is 5.92 Å². The first kappa shape index (κ1) is 14.5. The van der Waals surface area contributed by atoms with Crippen molar-refractivity contribution >= 4 is 5.78 Å². The molecule has 0 heterocycles. The normalized spacial score (nSPS) is 10.8. The molecule has 0 amide bonds. The molecule has 0 aliphatic rings. The van der Waals surface area contributed by atoms with E-state index in [4.69, 9.17) is 0 Å². The van der Waals surface area contributed by atoms with Crippen molar-refractivity contribution in [1.29, 1.82) is 0 Å². The first-order valence-corrected chi connectivity index (χ1v) is 7.32. The number of hydrogen-bond acceptors (Lipinski definition) is 1. The molecule has 2 aromatic carbocycles. The zero-order chi connectivity index (χ0) is 14.5. The molecule has 0 unspecified atom stereocenters. The van der Waals surface area contributed by atoms with Crippen LogP contribution in [0, 0.1) is 5.92 Å². The molecule has 0 aliphatic heterocycles. The number of rotatable bonds is 5. The van der Waals surface area contributed by atoms with Crippen molar-refractivity contribution in [2.45, 2.75) is 33.6 Å². The predicted molar refractivity (Wildman–Crippen MR) is 84.2 cm³/mol. The molecule has 0 radical (unpaired) electrons. The number of carbonyl (C=O) groups is 1. The number of carbonyl (C=O) groups excluding carboxylic acids is 1. The van der Waals surface area contributed by atoms with Crippen molar-refractivity contribution in [2.75, 3.05) is 0 Å². The Morgan fingerprint density at radius 3 is 2.25 bits per heavy atom. The van der Waals surface area contributed by atoms with Crippen LogP contribution in [0.25, 0.3) is 0 Å². The summed E-state index contributed by atoms with van der Waals surface area (Å²) in [7, 11) is 0. The van der Waals surface area contributed by atoms with E-state index < -0.39 is 0 Å². The highest BCUT2D eigenvalue weighted by Gasteiger charge is 2.09. The molecule has 1 nitrogen and oxygen atoms in total. The second kappa shape index (κ2) is 6.51. The van der Waals surface area contributed by atoms with Crippen LogP contribution in [0.4, 0.5) is 0 Å². The molecule has 0 atom stereocenters. The smallest absolute Gasteiger partial charge is 0.193 e. The molecule has 104 valence electrons. The van der Waals surface area contributed by atoms with Gasteiger partial charge in [0, 0.05) is 11.1 Å². The molecule has 0 fully saturated rings. The van der Waals surface area contributed by atoms with E-state index in [2.05, 4.69) is 26.8 Å². The van der Waals surface area contributed by atoms with Gasteiger partial charge in [-0.05, 0) is 36.0 Å². The van der Waals surface area contributed by atoms with E-state index >= 15 is 0 Å². The Labute approximate surface area is 121 Å². The van der Waals surface area contributed by atoms with Crippen molar-refractivity contribution in [1.82, 2.24) is 0 Å². The lowest BCUT2D eigenvalue weighted by Gasteiger charge is -2.07. The van der Waals surface area contributed by atoms with Crippen molar-refractivity contribution in [2.24, 2.45) is 5.92 Å². The Hall–Kier alpha value is -1.89. The second-order valence-corrected chi connectivity index (χ2v) is 5.68. The zero-order valence-corrected chi connectivity index (χ0v) is 12.5. The molecule has 1 heteroatoms. The topological polar surface area (TPSA) is 17.1 Å². The molecular weight excluding hydrogens is 244 g/mol. The highest BCUT2D eigenvalue weighted by molar-refractivity contribution is 6.09. The molecule has 0 saturated carbocycles. The van der Waals surface area contributed by atoms with Gasteiger partial charge in [-0.25, -0.2) is 0 Å². The van der Waals surface area contributed by atoms with Crippen LogP contribution in [0.15, 0.2) is 48.5 Å². The van der Waals surface area contributed by atoms with E-state index in [1.54, 1.807) is 0 Å². The van der Waals surface area contributed by atoms with E-state index in [0.717, 1.165) is 24.0 Å². The monoisotopic (exact) mass is 266 g/mol. The van der Waals surface area contributed by atoms with Gasteiger partial charge in [0.1, 0.15) is 0 Å². The minimum atomic E-state index is 0.109. The first-order valence-electron chi connectivity index (χ1n) is 7.32. The Morgan fingerprint density at radius 2 is 1.65 bits per heavy atom. The molecular formula is C19H22O. The number of benzene rings is 2. The average molecular weight is 266 g/mol. The Morgan fingerprint density at radius 1 is 0.950 bits per heavy atom. The van der Waals surface area contributed by atoms with Crippen molar-refractivity contribution < 1.29 is 4.79 Å². The minimum Gasteiger partial charge on any atom is -0.289 e. The molecule has 20 heavy (non-hydrogen) atoms. The van der Waals surface area contributed by atoms with Crippen LogP contribution < -0.4 is 0 Å². The number of ketones is 1. The van der Waals surface area contributed by atoms with Crippen molar-refractivity contribution in [3.8, 4) is 0 Å². The summed E-state index contributed by atoms with van der Waals surface area (Å²) < 4.78 is 0. The lowest BCUT2D eigenvalue weighted by atomic mass is 9.97. The molecule has 0 bridgehead atoms. The summed E-state index contributed by atoms with van der Waals surface area (Å²) in [4.78, 5) is 12.5. The first-order chi connectivity index (χ1) is 9.60. The van der Waals surface area contributed by atoms with E-state index in [1.807, 2.05) is 42.5 Å². The van der Waals surface area contributed by atoms with Crippen LogP contribution in [0.5, 0.6) is 0 Å². The maximum absolute atomic E-state index is 12.5. The summed E-state index contributed by atoms with van der Waals surface area (Å²) >= 11 is 0. The summed E-state index contributed by atoms with van der Waals surface area (Å²) in [6.45, 7) is 6.50. The van der Waals surface area contributed by atoms with Crippen molar-refractivity contribution in [3.63, 3.8) is 0 Å². The molecule has 2 aromatic rings. The van der Waals surface area contributed by atoms with Crippen LogP contribution in [0.1, 0.15) is 47.8 Å². The average Bonchev–Trinajstić information content (AvgIpc) is 2.46. The third-order valence-electron chi connectivity index (χ3n) is 3.46. The molecule has 0 N–H and O–H groups in total. The van der Waals surface area contributed by atoms with E-state index in [9.17, 15) is 4.79 Å². The summed E-state index contributed by atoms with van der Waals surface area (Å²) in [6.07, 6.45) is 2.01. The van der Waals surface area contributed by atoms with Gasteiger partial charge in [-0.3, -0.25) is 4.79 Å². The Kier molecular flexibility index (Phi) is 4.73. The van der Waals surface area contributed by atoms with Gasteiger partial charge in [0.2, 0.25) is 0 Å². The van der Waals surface area contributed by atoms with Gasteiger partial charge in [0.25, 0.3) is 0 Å². The quantitative estimate of drug-likeness (QED) is 0.718. The van der Waals surface area contributed by atoms with Crippen LogP contribution in [-0.2, 0) is 12.8 Å². The van der Waals surface area contributed by atoms with Gasteiger partial charge in [-0.15, -0.1) is 0 Å². The minimum absolute atomic E-state index is 0.109. The van der Waals surface area contributed by atoms with Gasteiger partial charge in [0.15, 0.2) is 5.78 Å². The van der Waals surface area contributed by atoms with Gasteiger partial charge < -0.3 is 0 Å². The predicted octanol–water partition coefficient (Wildman–Crippen LogP) is 4.68. The standard InChI is InChI=1S/C19H22O/c1-4-15-8-10-17(11-9-15)19(20)18-7-5-6-16(13-18)12-14(2)3/h5-11,13-14H,4,12H2,1-3H3. The van der Waals surface area contributed by atoms with E-state index in [1.165, 1.54) is 11.1 Å². The Balaban J connectivity index is 2.23. The van der Waals surface area contributed by atoms with Gasteiger partial charge >= 0.3 is 0 Å². The number of hydrogen-bond donors (Lipinski definition) is 0. The van der Waals surface area contributed by atoms with E-state index in [-0.39, 0.29) is 5.78 Å². The lowest BCUT2D eigenvalue weighted by molar-refractivity contribution is 0.103. The fourth-order valence-corrected chi connectivity index (χ4v) is 2.37. The fourth-order valence-electron chi connectivity index (χ4n) is 2.37. The second-order valence-electron chi connectivity index (χ2n) is 5.68. The SMILES string of the molecule is CCc1ccc(C(=O)c2cccc(CC(C)C)c2)cc1. The third kappa shape index (κ3) is 3.57. The van der Waals surface area contributed by atoms with Crippen LogP contribution in [0.2, 0.25) is 0 Å². The van der Waals surface area contributed by atoms with Crippen LogP contribution >= 0.6 is 0 Å². The van der Waals surface area contributed by atoms with Gasteiger partial charge in [-0.1, -0.05) is 63.2 Å². The van der Waals surface area contributed by atoms with Crippen LogP contribution in [-0.4, -0.2) is 5.78 Å². The molecule has 0 saturated heterocycles. The molecule has 0 aliphatic carbocycles. The van der Waals surface area contributed by atoms with Gasteiger partial charge in [-0.2, -0.15) is 0 Å². The highest BCUT2D eigenvalue weighted by atomic mass is 16.1. The van der Waals surface area contributed by atoms with Crippen LogP contribution in [0.3, 0.4) is 0 Å². The zero-order valence-electron chi connectivity index (χ0n) is 12.5. The third-order valence-corrected chi connectivity index (χ3v) is 3.46. The number of aryl methyl sites for hydroxylation is 1. The van der Waals surface area contributed by atoms with Crippen molar-refractivity contribution in [3.05, 3.63) is 70.8 Å². The fraction of sp³-hybridized carbons (Fsp3) is 0.316. The summed E-state index contributed by atoms with van der Waals surface area (Å²) in [5.41, 5.74) is 4.04. The Bertz CT molecular complexity index is 579. The summed E-state index contributed by atoms with van der Waals surface area (Å²) in [5, 5.41) is 0. The maximum Gasteiger partial charge on any atom is 0.193 e. The summed E-state index contributed by atoms with van der Waals surface area (Å²) in [5.74, 6) is 0.711.